The largest absolute Gasteiger partial charge is 0.508 e. The van der Waals surface area contributed by atoms with Crippen LogP contribution in [0.4, 0.5) is 0 Å². The van der Waals surface area contributed by atoms with Crippen molar-refractivity contribution in [1.29, 1.82) is 0 Å². The molecule has 3 heterocycles. The lowest BCUT2D eigenvalue weighted by Crippen LogP contribution is -2.37. The Morgan fingerprint density at radius 2 is 1.81 bits per heavy atom. The van der Waals surface area contributed by atoms with Crippen LogP contribution >= 0.6 is 0 Å². The molecule has 0 aliphatic carbocycles. The lowest BCUT2D eigenvalue weighted by atomic mass is 10.0. The molecule has 1 atom stereocenters. The van der Waals surface area contributed by atoms with Crippen LogP contribution in [0, 0.1) is 6.92 Å². The van der Waals surface area contributed by atoms with Gasteiger partial charge in [-0.15, -0.1) is 0 Å². The van der Waals surface area contributed by atoms with Gasteiger partial charge in [0.25, 0.3) is 5.56 Å². The van der Waals surface area contributed by atoms with Crippen LogP contribution in [0.3, 0.4) is 0 Å². The molecule has 1 aliphatic heterocycles. The highest BCUT2D eigenvalue weighted by atomic mass is 16.5. The molecule has 2 aromatic carbocycles. The van der Waals surface area contributed by atoms with Crippen molar-refractivity contribution in [1.82, 2.24) is 13.7 Å². The van der Waals surface area contributed by atoms with E-state index in [2.05, 4.69) is 4.57 Å². The topological polar surface area (TPSA) is 78.4 Å². The summed E-state index contributed by atoms with van der Waals surface area (Å²) < 4.78 is 10.8. The zero-order valence-electron chi connectivity index (χ0n) is 17.6. The summed E-state index contributed by atoms with van der Waals surface area (Å²) in [6.07, 6.45) is -0.603. The number of aromatic hydroxyl groups is 1. The van der Waals surface area contributed by atoms with Crippen molar-refractivity contribution in [2.24, 2.45) is 14.1 Å². The summed E-state index contributed by atoms with van der Waals surface area (Å²) in [6, 6.07) is 15.0. The third-order valence-corrected chi connectivity index (χ3v) is 6.06. The van der Waals surface area contributed by atoms with Crippen molar-refractivity contribution in [3.8, 4) is 17.0 Å². The third-order valence-electron chi connectivity index (χ3n) is 6.06. The van der Waals surface area contributed by atoms with Crippen molar-refractivity contribution >= 4 is 10.9 Å². The predicted octanol–water partition coefficient (Wildman–Crippen LogP) is 2.84. The predicted molar refractivity (Wildman–Crippen MR) is 118 cm³/mol. The molecule has 0 bridgehead atoms. The summed E-state index contributed by atoms with van der Waals surface area (Å²) in [5.41, 5.74) is 3.86. The van der Waals surface area contributed by atoms with Crippen LogP contribution in [0.15, 0.2) is 58.1 Å². The van der Waals surface area contributed by atoms with Gasteiger partial charge in [0, 0.05) is 26.2 Å². The summed E-state index contributed by atoms with van der Waals surface area (Å²) in [6.45, 7) is 2.96. The number of phenols is 1. The molecule has 0 radical (unpaired) electrons. The number of hydrogen-bond donors (Lipinski definition) is 1. The number of hydrogen-bond acceptors (Lipinski definition) is 4. The van der Waals surface area contributed by atoms with Crippen LogP contribution in [0.1, 0.15) is 22.9 Å². The van der Waals surface area contributed by atoms with Crippen LogP contribution in [0.2, 0.25) is 0 Å². The number of fused-ring (bicyclic) bond motifs is 3. The number of aromatic nitrogens is 3. The van der Waals surface area contributed by atoms with Gasteiger partial charge >= 0.3 is 5.69 Å². The molecule has 1 aliphatic rings. The SMILES string of the molecule is Cc1cccc(-c2c3c(=O)n(C)c(=O)n(C)c3c3n2CCO[C@@H]3c2ccccc2O)c1. The van der Waals surface area contributed by atoms with Gasteiger partial charge in [0.2, 0.25) is 0 Å². The third kappa shape index (κ3) is 2.77. The van der Waals surface area contributed by atoms with E-state index in [1.54, 1.807) is 25.2 Å². The second-order valence-corrected chi connectivity index (χ2v) is 7.99. The number of para-hydroxylation sites is 1. The average molecular weight is 417 g/mol. The first-order valence-electron chi connectivity index (χ1n) is 10.2. The molecular weight excluding hydrogens is 394 g/mol. The Labute approximate surface area is 178 Å². The Morgan fingerprint density at radius 1 is 1.03 bits per heavy atom. The van der Waals surface area contributed by atoms with Crippen LogP contribution in [-0.4, -0.2) is 25.4 Å². The zero-order chi connectivity index (χ0) is 21.9. The van der Waals surface area contributed by atoms with Crippen molar-refractivity contribution in [3.63, 3.8) is 0 Å². The fraction of sp³-hybridized carbons (Fsp3) is 0.250. The smallest absolute Gasteiger partial charge is 0.331 e. The number of benzene rings is 2. The summed E-state index contributed by atoms with van der Waals surface area (Å²) >= 11 is 0. The van der Waals surface area contributed by atoms with Gasteiger partial charge in [0.15, 0.2) is 0 Å². The van der Waals surface area contributed by atoms with E-state index in [-0.39, 0.29) is 11.3 Å². The molecule has 0 unspecified atom stereocenters. The summed E-state index contributed by atoms with van der Waals surface area (Å²) in [5, 5.41) is 11.0. The lowest BCUT2D eigenvalue weighted by Gasteiger charge is -2.28. The van der Waals surface area contributed by atoms with Gasteiger partial charge in [-0.05, 0) is 24.6 Å². The molecule has 4 aromatic rings. The van der Waals surface area contributed by atoms with Crippen molar-refractivity contribution in [2.75, 3.05) is 6.61 Å². The first kappa shape index (κ1) is 19.4. The van der Waals surface area contributed by atoms with Crippen molar-refractivity contribution < 1.29 is 9.84 Å². The second-order valence-electron chi connectivity index (χ2n) is 7.99. The van der Waals surface area contributed by atoms with E-state index in [9.17, 15) is 14.7 Å². The molecule has 2 aromatic heterocycles. The molecule has 1 N–H and O–H groups in total. The number of nitrogens with zero attached hydrogens (tertiary/aromatic N) is 3. The molecule has 7 heteroatoms. The second kappa shape index (κ2) is 6.99. The normalized spacial score (nSPS) is 15.9. The first-order chi connectivity index (χ1) is 14.9. The lowest BCUT2D eigenvalue weighted by molar-refractivity contribution is 0.0464. The monoisotopic (exact) mass is 417 g/mol. The molecule has 31 heavy (non-hydrogen) atoms. The maximum atomic E-state index is 13.4. The van der Waals surface area contributed by atoms with E-state index in [4.69, 9.17) is 4.74 Å². The summed E-state index contributed by atoms with van der Waals surface area (Å²) in [4.78, 5) is 26.2. The van der Waals surface area contributed by atoms with E-state index < -0.39 is 11.8 Å². The molecule has 5 rings (SSSR count). The van der Waals surface area contributed by atoms with Crippen LogP contribution in [0.5, 0.6) is 5.75 Å². The van der Waals surface area contributed by atoms with Crippen LogP contribution in [0.25, 0.3) is 22.2 Å². The minimum Gasteiger partial charge on any atom is -0.508 e. The van der Waals surface area contributed by atoms with Gasteiger partial charge in [0.05, 0.1) is 28.9 Å². The maximum Gasteiger partial charge on any atom is 0.331 e. The summed E-state index contributed by atoms with van der Waals surface area (Å²) in [7, 11) is 3.17. The minimum atomic E-state index is -0.603. The van der Waals surface area contributed by atoms with Crippen molar-refractivity contribution in [3.05, 3.63) is 86.2 Å². The van der Waals surface area contributed by atoms with Gasteiger partial charge in [0.1, 0.15) is 11.9 Å². The van der Waals surface area contributed by atoms with Gasteiger partial charge in [-0.25, -0.2) is 4.79 Å². The minimum absolute atomic E-state index is 0.112. The van der Waals surface area contributed by atoms with Gasteiger partial charge in [-0.3, -0.25) is 13.9 Å². The summed E-state index contributed by atoms with van der Waals surface area (Å²) in [5.74, 6) is 0.112. The van der Waals surface area contributed by atoms with Gasteiger partial charge < -0.3 is 14.4 Å². The van der Waals surface area contributed by atoms with E-state index >= 15 is 0 Å². The maximum absolute atomic E-state index is 13.4. The highest BCUT2D eigenvalue weighted by Crippen LogP contribution is 2.42. The molecule has 0 saturated carbocycles. The van der Waals surface area contributed by atoms with E-state index in [1.807, 2.05) is 37.3 Å². The molecule has 158 valence electrons. The molecule has 0 saturated heterocycles. The molecular formula is C24H23N3O4. The Hall–Kier alpha value is -3.58. The first-order valence-corrected chi connectivity index (χ1v) is 10.2. The number of ether oxygens (including phenoxy) is 1. The van der Waals surface area contributed by atoms with Crippen LogP contribution < -0.4 is 11.2 Å². The zero-order valence-corrected chi connectivity index (χ0v) is 17.6. The Bertz CT molecular complexity index is 1460. The van der Waals surface area contributed by atoms with Gasteiger partial charge in [-0.1, -0.05) is 42.0 Å². The molecule has 0 amide bonds. The van der Waals surface area contributed by atoms with E-state index in [1.165, 1.54) is 11.6 Å². The number of phenolic OH excluding ortho intramolecular Hbond substituents is 1. The quantitative estimate of drug-likeness (QED) is 0.544. The Morgan fingerprint density at radius 3 is 2.55 bits per heavy atom. The highest BCUT2D eigenvalue weighted by molar-refractivity contribution is 5.96. The van der Waals surface area contributed by atoms with Gasteiger partial charge in [-0.2, -0.15) is 0 Å². The molecule has 7 nitrogen and oxygen atoms in total. The van der Waals surface area contributed by atoms with Crippen LogP contribution in [-0.2, 0) is 25.4 Å². The van der Waals surface area contributed by atoms with E-state index in [0.29, 0.717) is 35.3 Å². The number of rotatable bonds is 2. The highest BCUT2D eigenvalue weighted by Gasteiger charge is 2.34. The fourth-order valence-corrected chi connectivity index (χ4v) is 4.62. The average Bonchev–Trinajstić information content (AvgIpc) is 3.12. The standard InChI is InChI=1S/C24H23N3O4/c1-14-7-6-8-15(13-14)19-18-20(25(2)24(30)26(3)23(18)29)21-22(31-12-11-27(19)21)16-9-4-5-10-17(16)28/h4-10,13,22,28H,11-12H2,1-3H3/t22-/m1/s1. The van der Waals surface area contributed by atoms with Crippen molar-refractivity contribution in [2.45, 2.75) is 19.6 Å². The molecule has 0 spiro atoms. The number of aryl methyl sites for hydroxylation is 2. The Kier molecular flexibility index (Phi) is 4.37. The van der Waals surface area contributed by atoms with E-state index in [0.717, 1.165) is 21.4 Å². The Balaban J connectivity index is 1.98. The molecule has 0 fully saturated rings. The fourth-order valence-electron chi connectivity index (χ4n) is 4.62.